The number of nitrogens with one attached hydrogen (secondary N) is 1. The Morgan fingerprint density at radius 1 is 1.29 bits per heavy atom. The van der Waals surface area contributed by atoms with Crippen molar-refractivity contribution in [1.82, 2.24) is 14.9 Å². The zero-order valence-electron chi connectivity index (χ0n) is 17.4. The minimum Gasteiger partial charge on any atom is -0.353 e. The van der Waals surface area contributed by atoms with E-state index in [4.69, 9.17) is 0 Å². The summed E-state index contributed by atoms with van der Waals surface area (Å²) >= 11 is 0. The lowest BCUT2D eigenvalue weighted by atomic mass is 9.69. The van der Waals surface area contributed by atoms with Crippen LogP contribution in [-0.2, 0) is 11.3 Å². The molecule has 1 aromatic heterocycles. The summed E-state index contributed by atoms with van der Waals surface area (Å²) < 4.78 is 1.69. The van der Waals surface area contributed by atoms with E-state index in [9.17, 15) is 9.59 Å². The summed E-state index contributed by atoms with van der Waals surface area (Å²) in [5.74, 6) is 1.52. The number of hydrogen-bond donors (Lipinski definition) is 1. The Morgan fingerprint density at radius 2 is 2.04 bits per heavy atom. The molecule has 5 heteroatoms. The molecule has 150 valence electrons. The van der Waals surface area contributed by atoms with E-state index in [0.717, 1.165) is 11.9 Å². The SMILES string of the molecule is Cc1nc2ccccc2c(=O)n1CCCC(=O)N[C@@H]1C[C@H]2CC[C@@]1(C)C2(C)C. The summed E-state index contributed by atoms with van der Waals surface area (Å²) in [5, 5.41) is 3.94. The van der Waals surface area contributed by atoms with Crippen molar-refractivity contribution in [2.45, 2.75) is 72.4 Å². The predicted molar refractivity (Wildman–Crippen MR) is 111 cm³/mol. The minimum absolute atomic E-state index is 0.0223. The summed E-state index contributed by atoms with van der Waals surface area (Å²) in [4.78, 5) is 29.8. The number of rotatable bonds is 5. The molecule has 1 amide bonds. The van der Waals surface area contributed by atoms with E-state index in [1.165, 1.54) is 12.8 Å². The Balaban J connectivity index is 1.38. The molecule has 28 heavy (non-hydrogen) atoms. The molecule has 2 saturated carbocycles. The second kappa shape index (κ2) is 6.71. The number of carbonyl (C=O) groups excluding carboxylic acids is 1. The highest BCUT2D eigenvalue weighted by Gasteiger charge is 2.61. The molecule has 1 heterocycles. The van der Waals surface area contributed by atoms with Gasteiger partial charge in [-0.05, 0) is 61.5 Å². The summed E-state index contributed by atoms with van der Waals surface area (Å²) in [6.07, 6.45) is 4.67. The molecule has 3 atom stereocenters. The molecule has 2 fully saturated rings. The number of benzene rings is 1. The van der Waals surface area contributed by atoms with Crippen LogP contribution in [0.4, 0.5) is 0 Å². The van der Waals surface area contributed by atoms with E-state index in [1.807, 2.05) is 31.2 Å². The highest BCUT2D eigenvalue weighted by atomic mass is 16.1. The van der Waals surface area contributed by atoms with Gasteiger partial charge in [-0.3, -0.25) is 14.2 Å². The fraction of sp³-hybridized carbons (Fsp3) is 0.609. The molecule has 2 aliphatic carbocycles. The molecule has 0 aliphatic heterocycles. The monoisotopic (exact) mass is 381 g/mol. The van der Waals surface area contributed by atoms with Gasteiger partial charge < -0.3 is 5.32 Å². The van der Waals surface area contributed by atoms with Crippen LogP contribution in [0.25, 0.3) is 10.9 Å². The average molecular weight is 382 g/mol. The number of hydrogen-bond acceptors (Lipinski definition) is 3. The Morgan fingerprint density at radius 3 is 2.71 bits per heavy atom. The van der Waals surface area contributed by atoms with Gasteiger partial charge in [0.05, 0.1) is 10.9 Å². The first-order chi connectivity index (χ1) is 13.2. The zero-order valence-corrected chi connectivity index (χ0v) is 17.4. The van der Waals surface area contributed by atoms with Gasteiger partial charge in [0, 0.05) is 19.0 Å². The van der Waals surface area contributed by atoms with Crippen molar-refractivity contribution in [3.8, 4) is 0 Å². The number of aryl methyl sites for hydroxylation is 1. The summed E-state index contributed by atoms with van der Waals surface area (Å²) in [6.45, 7) is 9.43. The molecular formula is C23H31N3O2. The van der Waals surface area contributed by atoms with Crippen LogP contribution in [-0.4, -0.2) is 21.5 Å². The van der Waals surface area contributed by atoms with Gasteiger partial charge in [0.15, 0.2) is 0 Å². The van der Waals surface area contributed by atoms with Crippen LogP contribution < -0.4 is 10.9 Å². The van der Waals surface area contributed by atoms with Crippen molar-refractivity contribution in [2.75, 3.05) is 0 Å². The van der Waals surface area contributed by atoms with Crippen LogP contribution in [0.3, 0.4) is 0 Å². The molecule has 0 saturated heterocycles. The third-order valence-electron chi connectivity index (χ3n) is 7.97. The average Bonchev–Trinajstić information content (AvgIpc) is 2.98. The summed E-state index contributed by atoms with van der Waals surface area (Å²) in [5.41, 5.74) is 1.20. The maximum absolute atomic E-state index is 12.7. The number of nitrogens with zero attached hydrogens (tertiary/aromatic N) is 2. The van der Waals surface area contributed by atoms with Crippen LogP contribution in [0.1, 0.15) is 58.7 Å². The molecular weight excluding hydrogens is 350 g/mol. The Bertz CT molecular complexity index is 977. The molecule has 2 aromatic rings. The van der Waals surface area contributed by atoms with E-state index in [0.29, 0.717) is 41.9 Å². The van der Waals surface area contributed by atoms with Crippen LogP contribution >= 0.6 is 0 Å². The van der Waals surface area contributed by atoms with Gasteiger partial charge in [-0.25, -0.2) is 4.98 Å². The van der Waals surface area contributed by atoms with Gasteiger partial charge >= 0.3 is 0 Å². The van der Waals surface area contributed by atoms with Crippen molar-refractivity contribution < 1.29 is 4.79 Å². The molecule has 0 unspecified atom stereocenters. The van der Waals surface area contributed by atoms with Gasteiger partial charge in [0.25, 0.3) is 5.56 Å². The van der Waals surface area contributed by atoms with E-state index in [2.05, 4.69) is 31.1 Å². The first kappa shape index (κ1) is 19.2. The van der Waals surface area contributed by atoms with Gasteiger partial charge in [-0.15, -0.1) is 0 Å². The van der Waals surface area contributed by atoms with Crippen LogP contribution in [0, 0.1) is 23.7 Å². The predicted octanol–water partition coefficient (Wildman–Crippen LogP) is 3.82. The zero-order chi connectivity index (χ0) is 20.1. The third-order valence-corrected chi connectivity index (χ3v) is 7.97. The van der Waals surface area contributed by atoms with Crippen LogP contribution in [0.5, 0.6) is 0 Å². The maximum Gasteiger partial charge on any atom is 0.261 e. The van der Waals surface area contributed by atoms with Crippen molar-refractivity contribution >= 4 is 16.8 Å². The van der Waals surface area contributed by atoms with Gasteiger partial charge in [0.2, 0.25) is 5.91 Å². The topological polar surface area (TPSA) is 64.0 Å². The number of fused-ring (bicyclic) bond motifs is 3. The van der Waals surface area contributed by atoms with Crippen molar-refractivity contribution in [2.24, 2.45) is 16.7 Å². The maximum atomic E-state index is 12.7. The van der Waals surface area contributed by atoms with Gasteiger partial charge in [0.1, 0.15) is 5.82 Å². The third kappa shape index (κ3) is 2.87. The first-order valence-corrected chi connectivity index (χ1v) is 10.5. The Hall–Kier alpha value is -2.17. The quantitative estimate of drug-likeness (QED) is 0.856. The number of amides is 1. The highest BCUT2D eigenvalue weighted by Crippen LogP contribution is 2.65. The van der Waals surface area contributed by atoms with E-state index < -0.39 is 0 Å². The molecule has 0 radical (unpaired) electrons. The Kier molecular flexibility index (Phi) is 4.59. The lowest BCUT2D eigenvalue weighted by Gasteiger charge is -2.39. The second-order valence-electron chi connectivity index (χ2n) is 9.47. The molecule has 2 aliphatic rings. The Labute approximate surface area is 166 Å². The van der Waals surface area contributed by atoms with E-state index in [1.54, 1.807) is 4.57 Å². The molecule has 2 bridgehead atoms. The summed E-state index contributed by atoms with van der Waals surface area (Å²) in [6, 6.07) is 7.70. The molecule has 1 N–H and O–H groups in total. The molecule has 1 aromatic carbocycles. The molecule has 0 spiro atoms. The van der Waals surface area contributed by atoms with Crippen LogP contribution in [0.2, 0.25) is 0 Å². The second-order valence-corrected chi connectivity index (χ2v) is 9.47. The molecule has 4 rings (SSSR count). The minimum atomic E-state index is -0.0223. The number of carbonyl (C=O) groups is 1. The lowest BCUT2D eigenvalue weighted by Crippen LogP contribution is -2.46. The van der Waals surface area contributed by atoms with Crippen molar-refractivity contribution in [3.05, 3.63) is 40.4 Å². The van der Waals surface area contributed by atoms with Gasteiger partial charge in [-0.2, -0.15) is 0 Å². The fourth-order valence-corrected chi connectivity index (χ4v) is 5.63. The largest absolute Gasteiger partial charge is 0.353 e. The lowest BCUT2D eigenvalue weighted by molar-refractivity contribution is -0.123. The van der Waals surface area contributed by atoms with Crippen molar-refractivity contribution in [3.63, 3.8) is 0 Å². The molecule has 5 nitrogen and oxygen atoms in total. The number of aromatic nitrogens is 2. The summed E-state index contributed by atoms with van der Waals surface area (Å²) in [7, 11) is 0. The standard InChI is InChI=1S/C23H31N3O2/c1-15-24-18-9-6-5-8-17(18)21(28)26(15)13-7-10-20(27)25-19-14-16-11-12-23(19,4)22(16,2)3/h5-6,8-9,16,19H,7,10-14H2,1-4H3,(H,25,27)/t16-,19-,23-/m1/s1. The van der Waals surface area contributed by atoms with E-state index >= 15 is 0 Å². The van der Waals surface area contributed by atoms with E-state index in [-0.39, 0.29) is 22.9 Å². The number of para-hydroxylation sites is 1. The fourth-order valence-electron chi connectivity index (χ4n) is 5.63. The van der Waals surface area contributed by atoms with Gasteiger partial charge in [-0.1, -0.05) is 32.9 Å². The van der Waals surface area contributed by atoms with Crippen LogP contribution in [0.15, 0.2) is 29.1 Å². The highest BCUT2D eigenvalue weighted by molar-refractivity contribution is 5.77. The normalized spacial score (nSPS) is 28.0. The van der Waals surface area contributed by atoms with Crippen molar-refractivity contribution in [1.29, 1.82) is 0 Å². The first-order valence-electron chi connectivity index (χ1n) is 10.5. The smallest absolute Gasteiger partial charge is 0.261 e.